The molecule has 2 rings (SSSR count). The van der Waals surface area contributed by atoms with Gasteiger partial charge in [-0.05, 0) is 24.6 Å². The van der Waals surface area contributed by atoms with Crippen molar-refractivity contribution in [2.24, 2.45) is 0 Å². The van der Waals surface area contributed by atoms with Crippen LogP contribution in [0, 0.1) is 28.4 Å². The molecule has 0 aliphatic heterocycles. The predicted octanol–water partition coefficient (Wildman–Crippen LogP) is 3.62. The first-order valence-corrected chi connectivity index (χ1v) is 5.88. The quantitative estimate of drug-likeness (QED) is 0.636. The molecule has 2 aromatic rings. The molecule has 0 radical (unpaired) electrons. The zero-order chi connectivity index (χ0) is 14.7. The molecule has 0 bridgehead atoms. The fourth-order valence-corrected chi connectivity index (χ4v) is 1.73. The summed E-state index contributed by atoms with van der Waals surface area (Å²) >= 11 is 5.95. The minimum Gasteiger partial charge on any atom is -0.430 e. The van der Waals surface area contributed by atoms with Crippen molar-refractivity contribution in [1.82, 2.24) is 4.98 Å². The highest BCUT2D eigenvalue weighted by Crippen LogP contribution is 2.35. The number of hydrogen-bond acceptors (Lipinski definition) is 5. The van der Waals surface area contributed by atoms with Crippen molar-refractivity contribution in [3.63, 3.8) is 0 Å². The second kappa shape index (κ2) is 5.55. The van der Waals surface area contributed by atoms with Gasteiger partial charge in [0.05, 0.1) is 10.5 Å². The van der Waals surface area contributed by atoms with Gasteiger partial charge in [0.15, 0.2) is 0 Å². The van der Waals surface area contributed by atoms with Crippen molar-refractivity contribution in [1.29, 1.82) is 5.26 Å². The summed E-state index contributed by atoms with van der Waals surface area (Å²) in [6.07, 6.45) is 1.35. The number of halogens is 1. The molecule has 0 fully saturated rings. The van der Waals surface area contributed by atoms with Gasteiger partial charge in [-0.3, -0.25) is 10.1 Å². The van der Waals surface area contributed by atoms with Gasteiger partial charge < -0.3 is 4.74 Å². The molecular formula is C13H8ClN3O3. The van der Waals surface area contributed by atoms with Crippen LogP contribution in [0.5, 0.6) is 11.6 Å². The molecule has 6 nitrogen and oxygen atoms in total. The number of benzene rings is 1. The molecule has 1 heterocycles. The summed E-state index contributed by atoms with van der Waals surface area (Å²) in [5.41, 5.74) is 0.779. The van der Waals surface area contributed by atoms with Gasteiger partial charge in [-0.25, -0.2) is 4.98 Å². The molecule has 7 heteroatoms. The lowest BCUT2D eigenvalue weighted by Crippen LogP contribution is -1.96. The number of hydrogen-bond donors (Lipinski definition) is 0. The van der Waals surface area contributed by atoms with Gasteiger partial charge in [0.1, 0.15) is 11.1 Å². The molecule has 1 aromatic carbocycles. The minimum atomic E-state index is -0.559. The molecule has 0 amide bonds. The number of aryl methyl sites for hydroxylation is 1. The maximum Gasteiger partial charge on any atom is 0.311 e. The molecule has 20 heavy (non-hydrogen) atoms. The van der Waals surface area contributed by atoms with E-state index in [0.29, 0.717) is 0 Å². The zero-order valence-corrected chi connectivity index (χ0v) is 11.1. The first-order valence-electron chi connectivity index (χ1n) is 5.50. The Morgan fingerprint density at radius 1 is 1.45 bits per heavy atom. The van der Waals surface area contributed by atoms with E-state index in [-0.39, 0.29) is 27.9 Å². The van der Waals surface area contributed by atoms with Crippen molar-refractivity contribution < 1.29 is 9.66 Å². The summed E-state index contributed by atoms with van der Waals surface area (Å²) in [6.45, 7) is 1.78. The van der Waals surface area contributed by atoms with E-state index in [2.05, 4.69) is 4.98 Å². The van der Waals surface area contributed by atoms with Crippen LogP contribution in [-0.4, -0.2) is 9.91 Å². The van der Waals surface area contributed by atoms with Crippen LogP contribution in [0.25, 0.3) is 0 Å². The largest absolute Gasteiger partial charge is 0.430 e. The van der Waals surface area contributed by atoms with Crippen LogP contribution in [0.15, 0.2) is 30.5 Å². The Balaban J connectivity index is 2.48. The van der Waals surface area contributed by atoms with Gasteiger partial charge in [-0.2, -0.15) is 5.26 Å². The number of nitro benzene ring substituents is 1. The number of rotatable bonds is 3. The third-order valence-electron chi connectivity index (χ3n) is 2.50. The van der Waals surface area contributed by atoms with Crippen LogP contribution in [0.3, 0.4) is 0 Å². The molecule has 1 aromatic heterocycles. The lowest BCUT2D eigenvalue weighted by atomic mass is 10.2. The zero-order valence-electron chi connectivity index (χ0n) is 10.3. The van der Waals surface area contributed by atoms with Gasteiger partial charge in [-0.1, -0.05) is 17.7 Å². The van der Waals surface area contributed by atoms with Crippen LogP contribution in [0.2, 0.25) is 5.02 Å². The highest BCUT2D eigenvalue weighted by molar-refractivity contribution is 6.33. The lowest BCUT2D eigenvalue weighted by molar-refractivity contribution is -0.385. The van der Waals surface area contributed by atoms with E-state index in [1.165, 1.54) is 24.4 Å². The smallest absolute Gasteiger partial charge is 0.311 e. The van der Waals surface area contributed by atoms with E-state index < -0.39 is 4.92 Å². The molecule has 0 N–H and O–H groups in total. The monoisotopic (exact) mass is 289 g/mol. The molecule has 0 saturated heterocycles. The number of ether oxygens (including phenoxy) is 1. The summed E-state index contributed by atoms with van der Waals surface area (Å²) in [7, 11) is 0. The van der Waals surface area contributed by atoms with Crippen LogP contribution in [0.4, 0.5) is 5.69 Å². The van der Waals surface area contributed by atoms with E-state index in [9.17, 15) is 10.1 Å². The third-order valence-corrected chi connectivity index (χ3v) is 2.86. The van der Waals surface area contributed by atoms with E-state index in [0.717, 1.165) is 5.56 Å². The third kappa shape index (κ3) is 2.68. The molecule has 0 spiro atoms. The Bertz CT molecular complexity index is 725. The van der Waals surface area contributed by atoms with Gasteiger partial charge in [-0.15, -0.1) is 0 Å². The Hall–Kier alpha value is -2.65. The van der Waals surface area contributed by atoms with Gasteiger partial charge in [0.2, 0.25) is 11.6 Å². The molecule has 100 valence electrons. The second-order valence-electron chi connectivity index (χ2n) is 3.92. The number of pyridine rings is 1. The Labute approximate surface area is 119 Å². The van der Waals surface area contributed by atoms with Crippen molar-refractivity contribution in [2.45, 2.75) is 6.92 Å². The molecule has 0 saturated carbocycles. The number of aromatic nitrogens is 1. The highest BCUT2D eigenvalue weighted by Gasteiger charge is 2.18. The van der Waals surface area contributed by atoms with E-state index >= 15 is 0 Å². The number of nitriles is 1. The summed E-state index contributed by atoms with van der Waals surface area (Å²) in [6, 6.07) is 7.77. The average Bonchev–Trinajstić information content (AvgIpc) is 2.41. The predicted molar refractivity (Wildman–Crippen MR) is 71.9 cm³/mol. The molecular weight excluding hydrogens is 282 g/mol. The van der Waals surface area contributed by atoms with Crippen molar-refractivity contribution >= 4 is 17.3 Å². The maximum absolute atomic E-state index is 11.0. The van der Waals surface area contributed by atoms with Crippen LogP contribution in [-0.2, 0) is 0 Å². The number of nitrogens with zero attached hydrogens (tertiary/aromatic N) is 3. The highest BCUT2D eigenvalue weighted by atomic mass is 35.5. The SMILES string of the molecule is Cc1ccc([N+](=O)[O-])c(Oc2nccc(C#N)c2Cl)c1. The number of nitro groups is 1. The summed E-state index contributed by atoms with van der Waals surface area (Å²) in [4.78, 5) is 14.3. The first-order chi connectivity index (χ1) is 9.52. The minimum absolute atomic E-state index is 0.0193. The Morgan fingerprint density at radius 2 is 2.20 bits per heavy atom. The van der Waals surface area contributed by atoms with Gasteiger partial charge in [0.25, 0.3) is 0 Å². The Morgan fingerprint density at radius 3 is 2.85 bits per heavy atom. The lowest BCUT2D eigenvalue weighted by Gasteiger charge is -2.08. The summed E-state index contributed by atoms with van der Waals surface area (Å²) < 4.78 is 5.39. The normalized spacial score (nSPS) is 9.85. The average molecular weight is 290 g/mol. The molecule has 0 aliphatic rings. The van der Waals surface area contributed by atoms with E-state index in [1.807, 2.05) is 6.07 Å². The summed E-state index contributed by atoms with van der Waals surface area (Å²) in [5, 5.41) is 19.8. The van der Waals surface area contributed by atoms with Crippen molar-refractivity contribution in [2.75, 3.05) is 0 Å². The van der Waals surface area contributed by atoms with Crippen molar-refractivity contribution in [3.05, 3.63) is 56.7 Å². The fourth-order valence-electron chi connectivity index (χ4n) is 1.54. The maximum atomic E-state index is 11.0. The van der Waals surface area contributed by atoms with Crippen LogP contribution in [0.1, 0.15) is 11.1 Å². The van der Waals surface area contributed by atoms with Crippen LogP contribution < -0.4 is 4.74 Å². The van der Waals surface area contributed by atoms with Crippen LogP contribution >= 0.6 is 11.6 Å². The van der Waals surface area contributed by atoms with E-state index in [4.69, 9.17) is 21.6 Å². The van der Waals surface area contributed by atoms with Gasteiger partial charge in [0, 0.05) is 12.3 Å². The second-order valence-corrected chi connectivity index (χ2v) is 4.30. The Kier molecular flexibility index (Phi) is 3.82. The topological polar surface area (TPSA) is 89.1 Å². The van der Waals surface area contributed by atoms with E-state index in [1.54, 1.807) is 13.0 Å². The summed E-state index contributed by atoms with van der Waals surface area (Å²) in [5.74, 6) is -0.0149. The van der Waals surface area contributed by atoms with Crippen molar-refractivity contribution in [3.8, 4) is 17.7 Å². The fraction of sp³-hybridized carbons (Fsp3) is 0.0769. The molecule has 0 unspecified atom stereocenters. The molecule has 0 aliphatic carbocycles. The van der Waals surface area contributed by atoms with Gasteiger partial charge >= 0.3 is 5.69 Å². The standard InChI is InChI=1S/C13H8ClN3O3/c1-8-2-3-10(17(18)19)11(6-8)20-13-12(14)9(7-15)4-5-16-13/h2-6H,1H3. The first kappa shape index (κ1) is 13.8. The molecule has 0 atom stereocenters.